The number of benzene rings is 1. The molecule has 3 aliphatic rings. The van der Waals surface area contributed by atoms with E-state index in [1.54, 1.807) is 17.7 Å². The van der Waals surface area contributed by atoms with Gasteiger partial charge in [0.15, 0.2) is 0 Å². The van der Waals surface area contributed by atoms with Crippen molar-refractivity contribution < 1.29 is 17.0 Å². The first-order valence-corrected chi connectivity index (χ1v) is 15.8. The average molecular weight is 547 g/mol. The first-order valence-electron chi connectivity index (χ1n) is 14.3. The predicted molar refractivity (Wildman–Crippen MR) is 150 cm³/mol. The van der Waals surface area contributed by atoms with Crippen LogP contribution in [0.5, 0.6) is 0 Å². The third-order valence-electron chi connectivity index (χ3n) is 9.00. The Morgan fingerprint density at radius 2 is 1.71 bits per heavy atom. The van der Waals surface area contributed by atoms with E-state index in [9.17, 15) is 12.8 Å². The first kappa shape index (κ1) is 27.8. The number of fused-ring (bicyclic) bond motifs is 1. The van der Waals surface area contributed by atoms with Gasteiger partial charge in [-0.05, 0) is 102 Å². The highest BCUT2D eigenvalue weighted by Gasteiger charge is 2.31. The van der Waals surface area contributed by atoms with Crippen LogP contribution < -0.4 is 5.14 Å². The quantitative estimate of drug-likeness (QED) is 0.469. The van der Waals surface area contributed by atoms with Crippen molar-refractivity contribution in [2.24, 2.45) is 5.14 Å². The summed E-state index contributed by atoms with van der Waals surface area (Å²) in [4.78, 5) is 5.10. The van der Waals surface area contributed by atoms with Crippen molar-refractivity contribution in [2.75, 3.05) is 32.8 Å². The molecule has 1 aromatic heterocycles. The largest absolute Gasteiger partial charge is 0.341 e. The summed E-state index contributed by atoms with van der Waals surface area (Å²) in [7, 11) is -4.02. The molecule has 210 valence electrons. The van der Waals surface area contributed by atoms with Gasteiger partial charge in [0, 0.05) is 54.7 Å². The van der Waals surface area contributed by atoms with E-state index in [4.69, 9.17) is 9.32 Å². The molecule has 0 amide bonds. The van der Waals surface area contributed by atoms with Gasteiger partial charge in [-0.2, -0.15) is 8.42 Å². The van der Waals surface area contributed by atoms with E-state index < -0.39 is 10.3 Å². The van der Waals surface area contributed by atoms with Gasteiger partial charge in [0.25, 0.3) is 0 Å². The summed E-state index contributed by atoms with van der Waals surface area (Å²) in [5.41, 5.74) is 6.32. The Kier molecular flexibility index (Phi) is 8.60. The normalized spacial score (nSPS) is 22.5. The van der Waals surface area contributed by atoms with Gasteiger partial charge in [0.2, 0.25) is 0 Å². The minimum absolute atomic E-state index is 0.0156. The molecule has 2 N–H and O–H groups in total. The standard InChI is InChI=1S/C29H43FN4O3S/c1-21(2)22-5-8-24(9-6-22)33-16-11-25(12-17-33)34-28-10-7-23(30)19-26(28)27(20-32-14-3-4-15-32)29(34)13-18-37-38(31,35)36/h7,10,19,24-25H,3-6,8-9,11-18,20H2,1-2H3,(H2,31,35,36). The highest BCUT2D eigenvalue weighted by atomic mass is 32.2. The third kappa shape index (κ3) is 6.33. The highest BCUT2D eigenvalue weighted by molar-refractivity contribution is 7.84. The lowest BCUT2D eigenvalue weighted by atomic mass is 9.86. The smallest absolute Gasteiger partial charge is 0.333 e. The maximum absolute atomic E-state index is 14.5. The molecular formula is C29H43FN4O3S. The minimum atomic E-state index is -4.02. The number of piperidine rings is 1. The number of hydrogen-bond acceptors (Lipinski definition) is 5. The molecule has 1 aliphatic carbocycles. The van der Waals surface area contributed by atoms with Crippen molar-refractivity contribution in [2.45, 2.75) is 90.3 Å². The molecule has 0 bridgehead atoms. The zero-order valence-electron chi connectivity index (χ0n) is 22.9. The van der Waals surface area contributed by atoms with Crippen LogP contribution in [0.15, 0.2) is 29.3 Å². The summed E-state index contributed by atoms with van der Waals surface area (Å²) in [6, 6.07) is 6.03. The van der Waals surface area contributed by atoms with Gasteiger partial charge >= 0.3 is 10.3 Å². The molecule has 0 atom stereocenters. The Balaban J connectivity index is 1.41. The second-order valence-corrected chi connectivity index (χ2v) is 12.8. The second-order valence-electron chi connectivity index (χ2n) is 11.6. The number of likely N-dealkylation sites (tertiary alicyclic amines) is 2. The van der Waals surface area contributed by atoms with Crippen molar-refractivity contribution in [1.29, 1.82) is 0 Å². The Bertz CT molecular complexity index is 1260. The summed E-state index contributed by atoms with van der Waals surface area (Å²) in [6.07, 6.45) is 9.74. The lowest BCUT2D eigenvalue weighted by molar-refractivity contribution is 0.116. The van der Waals surface area contributed by atoms with Crippen molar-refractivity contribution >= 4 is 21.2 Å². The molecular weight excluding hydrogens is 503 g/mol. The highest BCUT2D eigenvalue weighted by Crippen LogP contribution is 2.38. The van der Waals surface area contributed by atoms with E-state index >= 15 is 0 Å². The van der Waals surface area contributed by atoms with Crippen LogP contribution in [0, 0.1) is 5.82 Å². The van der Waals surface area contributed by atoms with E-state index in [2.05, 4.69) is 28.2 Å². The predicted octanol–water partition coefficient (Wildman–Crippen LogP) is 5.05. The molecule has 9 heteroatoms. The summed E-state index contributed by atoms with van der Waals surface area (Å²) in [5.74, 6) is -0.243. The molecule has 0 spiro atoms. The van der Waals surface area contributed by atoms with Crippen molar-refractivity contribution in [3.05, 3.63) is 46.4 Å². The molecule has 0 unspecified atom stereocenters. The van der Waals surface area contributed by atoms with Gasteiger partial charge in [0.1, 0.15) is 5.82 Å². The number of nitrogens with zero attached hydrogens (tertiary/aromatic N) is 3. The fraction of sp³-hybridized carbons (Fsp3) is 0.655. The summed E-state index contributed by atoms with van der Waals surface area (Å²) < 4.78 is 44.9. The second kappa shape index (κ2) is 11.8. The molecule has 3 fully saturated rings. The van der Waals surface area contributed by atoms with Crippen LogP contribution in [0.4, 0.5) is 4.39 Å². The van der Waals surface area contributed by atoms with Crippen LogP contribution in [0.25, 0.3) is 10.9 Å². The third-order valence-corrected chi connectivity index (χ3v) is 9.49. The Morgan fingerprint density at radius 1 is 1.03 bits per heavy atom. The van der Waals surface area contributed by atoms with Gasteiger partial charge in [-0.15, -0.1) is 0 Å². The van der Waals surface area contributed by atoms with E-state index in [1.807, 2.05) is 6.07 Å². The molecule has 3 heterocycles. The van der Waals surface area contributed by atoms with Crippen molar-refractivity contribution in [3.63, 3.8) is 0 Å². The number of nitrogens with two attached hydrogens (primary N) is 1. The minimum Gasteiger partial charge on any atom is -0.341 e. The average Bonchev–Trinajstić information content (AvgIpc) is 3.50. The number of aromatic nitrogens is 1. The Labute approximate surface area is 227 Å². The molecule has 7 nitrogen and oxygen atoms in total. The van der Waals surface area contributed by atoms with Gasteiger partial charge in [-0.25, -0.2) is 9.53 Å². The van der Waals surface area contributed by atoms with E-state index in [0.717, 1.165) is 67.7 Å². The van der Waals surface area contributed by atoms with Crippen LogP contribution in [-0.4, -0.2) is 61.6 Å². The Morgan fingerprint density at radius 3 is 2.34 bits per heavy atom. The van der Waals surface area contributed by atoms with Gasteiger partial charge in [-0.3, -0.25) is 9.08 Å². The maximum atomic E-state index is 14.5. The number of halogens is 1. The molecule has 0 radical (unpaired) electrons. The van der Waals surface area contributed by atoms with Crippen LogP contribution in [-0.2, 0) is 27.5 Å². The van der Waals surface area contributed by atoms with Crippen molar-refractivity contribution in [3.8, 4) is 0 Å². The molecule has 2 aliphatic heterocycles. The monoisotopic (exact) mass is 546 g/mol. The summed E-state index contributed by atoms with van der Waals surface area (Å²) in [6.45, 7) is 9.36. The zero-order valence-corrected chi connectivity index (χ0v) is 23.7. The Hall–Kier alpha value is -1.78. The van der Waals surface area contributed by atoms with Gasteiger partial charge in [0.05, 0.1) is 6.61 Å². The summed E-state index contributed by atoms with van der Waals surface area (Å²) in [5, 5.41) is 6.07. The number of allylic oxidation sites excluding steroid dienone is 2. The van der Waals surface area contributed by atoms with E-state index in [-0.39, 0.29) is 18.5 Å². The van der Waals surface area contributed by atoms with Crippen molar-refractivity contribution in [1.82, 2.24) is 14.4 Å². The fourth-order valence-corrected chi connectivity index (χ4v) is 7.33. The molecule has 5 rings (SSSR count). The topological polar surface area (TPSA) is 80.8 Å². The SMILES string of the molecule is CC(C)=C1CCC(N2CCC(n3c(CCOS(N)(=O)=O)c(CN4CCCC4)c4cc(F)ccc43)CC2)CC1. The van der Waals surface area contributed by atoms with Crippen LogP contribution in [0.2, 0.25) is 0 Å². The van der Waals surface area contributed by atoms with E-state index in [0.29, 0.717) is 12.5 Å². The maximum Gasteiger partial charge on any atom is 0.333 e. The van der Waals surface area contributed by atoms with Crippen LogP contribution >= 0.6 is 0 Å². The lowest BCUT2D eigenvalue weighted by Gasteiger charge is -2.41. The van der Waals surface area contributed by atoms with E-state index in [1.165, 1.54) is 44.1 Å². The van der Waals surface area contributed by atoms with Crippen LogP contribution in [0.1, 0.15) is 82.5 Å². The van der Waals surface area contributed by atoms with Gasteiger partial charge < -0.3 is 9.47 Å². The summed E-state index contributed by atoms with van der Waals surface area (Å²) >= 11 is 0. The molecule has 1 saturated carbocycles. The zero-order chi connectivity index (χ0) is 26.9. The molecule has 2 aromatic rings. The van der Waals surface area contributed by atoms with Crippen LogP contribution in [0.3, 0.4) is 0 Å². The number of hydrogen-bond donors (Lipinski definition) is 1. The molecule has 1 aromatic carbocycles. The number of rotatable bonds is 8. The van der Waals surface area contributed by atoms with Gasteiger partial charge in [-0.1, -0.05) is 11.1 Å². The molecule has 38 heavy (non-hydrogen) atoms. The lowest BCUT2D eigenvalue weighted by Crippen LogP contribution is -2.43. The molecule has 2 saturated heterocycles. The fourth-order valence-electron chi connectivity index (χ4n) is 7.02. The first-order chi connectivity index (χ1) is 18.2.